The molecule has 2 rings (SSSR count). The summed E-state index contributed by atoms with van der Waals surface area (Å²) >= 11 is 0. The third kappa shape index (κ3) is 2.57. The molecule has 0 aromatic carbocycles. The summed E-state index contributed by atoms with van der Waals surface area (Å²) in [5.74, 6) is -0.732. The fourth-order valence-electron chi connectivity index (χ4n) is 2.94. The van der Waals surface area contributed by atoms with Gasteiger partial charge in [0.25, 0.3) is 5.91 Å². The molecule has 112 valence electrons. The van der Waals surface area contributed by atoms with Gasteiger partial charge in [-0.1, -0.05) is 6.92 Å². The fourth-order valence-corrected chi connectivity index (χ4v) is 2.94. The first-order chi connectivity index (χ1) is 9.23. The van der Waals surface area contributed by atoms with Crippen molar-refractivity contribution in [1.82, 2.24) is 10.2 Å². The molecular formula is C14H23N3O3. The minimum Gasteiger partial charge on any atom is -0.327 e. The number of nitrogens with two attached hydrogens (primary N) is 1. The molecule has 3 atom stereocenters. The highest BCUT2D eigenvalue weighted by atomic mass is 16.2. The van der Waals surface area contributed by atoms with Crippen LogP contribution in [0.3, 0.4) is 0 Å². The lowest BCUT2D eigenvalue weighted by Gasteiger charge is -2.43. The molecule has 3 unspecified atom stereocenters. The Labute approximate surface area is 119 Å². The average molecular weight is 281 g/mol. The van der Waals surface area contributed by atoms with E-state index in [1.807, 2.05) is 0 Å². The highest BCUT2D eigenvalue weighted by Crippen LogP contribution is 2.31. The molecule has 20 heavy (non-hydrogen) atoms. The molecule has 3 amide bonds. The lowest BCUT2D eigenvalue weighted by molar-refractivity contribution is -0.158. The van der Waals surface area contributed by atoms with E-state index >= 15 is 0 Å². The summed E-state index contributed by atoms with van der Waals surface area (Å²) in [6.07, 6.45) is 2.31. The van der Waals surface area contributed by atoms with Crippen molar-refractivity contribution in [3.05, 3.63) is 0 Å². The summed E-state index contributed by atoms with van der Waals surface area (Å²) in [4.78, 5) is 37.5. The van der Waals surface area contributed by atoms with Crippen molar-refractivity contribution in [2.24, 2.45) is 17.6 Å². The second kappa shape index (κ2) is 5.16. The van der Waals surface area contributed by atoms with Gasteiger partial charge < -0.3 is 10.6 Å². The molecule has 1 saturated carbocycles. The van der Waals surface area contributed by atoms with E-state index in [9.17, 15) is 14.4 Å². The van der Waals surface area contributed by atoms with Crippen LogP contribution in [0.5, 0.6) is 0 Å². The van der Waals surface area contributed by atoms with Gasteiger partial charge in [-0.05, 0) is 39.0 Å². The molecule has 2 aliphatic rings. The molecule has 6 nitrogen and oxygen atoms in total. The molecule has 6 heteroatoms. The van der Waals surface area contributed by atoms with Gasteiger partial charge in [0.1, 0.15) is 12.1 Å². The van der Waals surface area contributed by atoms with E-state index in [0.29, 0.717) is 12.3 Å². The molecular weight excluding hydrogens is 258 g/mol. The van der Waals surface area contributed by atoms with Gasteiger partial charge in [-0.25, -0.2) is 0 Å². The predicted octanol–water partition coefficient (Wildman–Crippen LogP) is 0.0135. The van der Waals surface area contributed by atoms with Crippen molar-refractivity contribution in [2.75, 3.05) is 6.54 Å². The number of nitrogens with zero attached hydrogens (tertiary/aromatic N) is 1. The highest BCUT2D eigenvalue weighted by Gasteiger charge is 2.45. The number of nitrogens with one attached hydrogen (secondary N) is 1. The molecule has 0 bridgehead atoms. The summed E-state index contributed by atoms with van der Waals surface area (Å²) in [5, 5.41) is 2.28. The number of carbonyl (C=O) groups is 3. The first-order valence-corrected chi connectivity index (χ1v) is 7.15. The van der Waals surface area contributed by atoms with Gasteiger partial charge in [-0.2, -0.15) is 0 Å². The van der Waals surface area contributed by atoms with Crippen LogP contribution in [0.4, 0.5) is 0 Å². The second-order valence-electron chi connectivity index (χ2n) is 6.51. The van der Waals surface area contributed by atoms with Gasteiger partial charge in [-0.15, -0.1) is 0 Å². The van der Waals surface area contributed by atoms with Crippen LogP contribution < -0.4 is 11.1 Å². The summed E-state index contributed by atoms with van der Waals surface area (Å²) < 4.78 is 0. The van der Waals surface area contributed by atoms with Crippen LogP contribution in [0, 0.1) is 11.8 Å². The smallest absolute Gasteiger partial charge is 0.252 e. The fraction of sp³-hybridized carbons (Fsp3) is 0.786. The maximum Gasteiger partial charge on any atom is 0.252 e. The second-order valence-corrected chi connectivity index (χ2v) is 6.51. The van der Waals surface area contributed by atoms with Gasteiger partial charge in [0.15, 0.2) is 0 Å². The maximum absolute atomic E-state index is 12.7. The monoisotopic (exact) mass is 281 g/mol. The molecule has 1 saturated heterocycles. The van der Waals surface area contributed by atoms with E-state index in [1.165, 1.54) is 4.90 Å². The molecule has 0 spiro atoms. The molecule has 1 aliphatic carbocycles. The lowest BCUT2D eigenvalue weighted by atomic mass is 9.78. The molecule has 0 radical (unpaired) electrons. The summed E-state index contributed by atoms with van der Waals surface area (Å²) in [6.45, 7) is 5.36. The van der Waals surface area contributed by atoms with Crippen LogP contribution in [-0.2, 0) is 14.4 Å². The van der Waals surface area contributed by atoms with Crippen molar-refractivity contribution < 1.29 is 14.4 Å². The van der Waals surface area contributed by atoms with E-state index in [2.05, 4.69) is 12.2 Å². The van der Waals surface area contributed by atoms with Crippen molar-refractivity contribution in [1.29, 1.82) is 0 Å². The van der Waals surface area contributed by atoms with Gasteiger partial charge in [0.2, 0.25) is 11.8 Å². The Balaban J connectivity index is 2.15. The zero-order chi connectivity index (χ0) is 15.1. The van der Waals surface area contributed by atoms with E-state index in [0.717, 1.165) is 12.8 Å². The quantitative estimate of drug-likeness (QED) is 0.662. The van der Waals surface area contributed by atoms with Crippen LogP contribution in [0.1, 0.15) is 40.0 Å². The van der Waals surface area contributed by atoms with Crippen LogP contribution in [0.25, 0.3) is 0 Å². The average Bonchev–Trinajstić information content (AvgIpc) is 2.36. The van der Waals surface area contributed by atoms with Crippen LogP contribution in [0.2, 0.25) is 0 Å². The number of amides is 3. The zero-order valence-corrected chi connectivity index (χ0v) is 12.3. The van der Waals surface area contributed by atoms with Gasteiger partial charge in [0, 0.05) is 12.0 Å². The Morgan fingerprint density at radius 2 is 2.00 bits per heavy atom. The molecule has 1 heterocycles. The highest BCUT2D eigenvalue weighted by molar-refractivity contribution is 6.06. The van der Waals surface area contributed by atoms with Crippen LogP contribution in [-0.4, -0.2) is 40.7 Å². The first kappa shape index (κ1) is 15.0. The Kier molecular flexibility index (Phi) is 3.86. The Bertz CT molecular complexity index is 447. The molecule has 0 aromatic rings. The Morgan fingerprint density at radius 3 is 2.60 bits per heavy atom. The first-order valence-electron chi connectivity index (χ1n) is 7.15. The molecule has 3 N–H and O–H groups in total. The van der Waals surface area contributed by atoms with E-state index in [-0.39, 0.29) is 24.4 Å². The van der Waals surface area contributed by atoms with Crippen molar-refractivity contribution >= 4 is 17.7 Å². The summed E-state index contributed by atoms with van der Waals surface area (Å²) in [7, 11) is 0. The minimum atomic E-state index is -0.988. The van der Waals surface area contributed by atoms with E-state index in [4.69, 9.17) is 5.73 Å². The molecule has 1 aliphatic heterocycles. The number of piperazine rings is 1. The van der Waals surface area contributed by atoms with Crippen molar-refractivity contribution in [2.45, 2.75) is 51.6 Å². The Hall–Kier alpha value is -1.43. The number of hydrogen-bond acceptors (Lipinski definition) is 4. The van der Waals surface area contributed by atoms with Gasteiger partial charge in [0.05, 0.1) is 0 Å². The lowest BCUT2D eigenvalue weighted by Crippen LogP contribution is -2.66. The van der Waals surface area contributed by atoms with Gasteiger partial charge >= 0.3 is 0 Å². The molecule has 0 aromatic heterocycles. The topological polar surface area (TPSA) is 92.5 Å². The Morgan fingerprint density at radius 1 is 1.35 bits per heavy atom. The number of hydrogen-bond donors (Lipinski definition) is 2. The van der Waals surface area contributed by atoms with E-state index in [1.54, 1.807) is 13.8 Å². The maximum atomic E-state index is 12.7. The number of rotatable bonds is 1. The minimum absolute atomic E-state index is 0.00938. The summed E-state index contributed by atoms with van der Waals surface area (Å²) in [6, 6.07) is 0.00938. The SMILES string of the molecule is CC1CCC(C(=O)N2CC(=O)NC(=O)C2(C)C)CC1N. The normalized spacial score (nSPS) is 33.8. The van der Waals surface area contributed by atoms with Crippen LogP contribution >= 0.6 is 0 Å². The van der Waals surface area contributed by atoms with E-state index < -0.39 is 17.4 Å². The number of imide groups is 1. The zero-order valence-electron chi connectivity index (χ0n) is 12.3. The van der Waals surface area contributed by atoms with Gasteiger partial charge in [-0.3, -0.25) is 19.7 Å². The summed E-state index contributed by atoms with van der Waals surface area (Å²) in [5.41, 5.74) is 5.05. The molecule has 2 fully saturated rings. The predicted molar refractivity (Wildman–Crippen MR) is 73.4 cm³/mol. The standard InChI is InChI=1S/C14H23N3O3/c1-8-4-5-9(6-10(8)15)12(19)17-7-11(18)16-13(20)14(17,2)3/h8-10H,4-7,15H2,1-3H3,(H,16,18,20). The third-order valence-electron chi connectivity index (χ3n) is 4.66. The largest absolute Gasteiger partial charge is 0.327 e. The van der Waals surface area contributed by atoms with Crippen molar-refractivity contribution in [3.8, 4) is 0 Å². The van der Waals surface area contributed by atoms with Crippen molar-refractivity contribution in [3.63, 3.8) is 0 Å². The third-order valence-corrected chi connectivity index (χ3v) is 4.66. The number of carbonyl (C=O) groups excluding carboxylic acids is 3. The van der Waals surface area contributed by atoms with Crippen LogP contribution in [0.15, 0.2) is 0 Å².